The van der Waals surface area contributed by atoms with Crippen molar-refractivity contribution in [3.05, 3.63) is 158 Å². The van der Waals surface area contributed by atoms with Gasteiger partial charge in [-0.15, -0.1) is 0 Å². The van der Waals surface area contributed by atoms with Gasteiger partial charge in [-0.25, -0.2) is 9.13 Å². The summed E-state index contributed by atoms with van der Waals surface area (Å²) in [6.07, 6.45) is 87.9. The van der Waals surface area contributed by atoms with Crippen molar-refractivity contribution < 1.29 is 80.2 Å². The quantitative estimate of drug-likeness (QED) is 0.0169. The maximum atomic E-state index is 13.1. The largest absolute Gasteiger partial charge is 0.472 e. The van der Waals surface area contributed by atoms with Crippen LogP contribution in [0.2, 0.25) is 0 Å². The molecule has 19 heteroatoms. The number of phosphoric acid groups is 2. The molecule has 0 fully saturated rings. The van der Waals surface area contributed by atoms with Gasteiger partial charge in [0.2, 0.25) is 0 Å². The summed E-state index contributed by atoms with van der Waals surface area (Å²) < 4.78 is 68.6. The number of aliphatic hydroxyl groups is 1. The summed E-state index contributed by atoms with van der Waals surface area (Å²) in [6, 6.07) is 0. The lowest BCUT2D eigenvalue weighted by Crippen LogP contribution is -2.30. The second-order valence-corrected chi connectivity index (χ2v) is 28.8. The van der Waals surface area contributed by atoms with Crippen molar-refractivity contribution in [1.82, 2.24) is 0 Å². The monoisotopic (exact) mass is 1490 g/mol. The van der Waals surface area contributed by atoms with Gasteiger partial charge in [0.05, 0.1) is 26.4 Å². The first-order valence-corrected chi connectivity index (χ1v) is 42.7. The summed E-state index contributed by atoms with van der Waals surface area (Å²) in [5.41, 5.74) is 0. The maximum absolute atomic E-state index is 13.1. The SMILES string of the molecule is CC/C=C\C/C=C\C/C=C\C/C=C\C/C=C\CCCCCC(=O)OCC(COP(=O)(O)OCC(O)COP(=O)(O)OCC(COC(=O)CCCCCCCCC/C=C\C/C=C\C/C=C\CC)OC(=O)CCCCCCC/C=C\C/C=C\CCC)OC(=O)CCCCCCC/C=C\C/C=C\C/C=C\CC. The number of ether oxygens (including phenoxy) is 4. The minimum absolute atomic E-state index is 0.0624. The van der Waals surface area contributed by atoms with Gasteiger partial charge in [-0.1, -0.05) is 269 Å². The topological polar surface area (TPSA) is 237 Å². The third-order valence-corrected chi connectivity index (χ3v) is 17.9. The van der Waals surface area contributed by atoms with Crippen molar-refractivity contribution in [2.45, 2.75) is 316 Å². The van der Waals surface area contributed by atoms with E-state index < -0.39 is 97.5 Å². The molecule has 0 aromatic carbocycles. The van der Waals surface area contributed by atoms with Crippen LogP contribution in [0.4, 0.5) is 0 Å². The fourth-order valence-corrected chi connectivity index (χ4v) is 11.6. The van der Waals surface area contributed by atoms with Crippen LogP contribution in [-0.4, -0.2) is 96.7 Å². The molecule has 0 aliphatic heterocycles. The highest BCUT2D eigenvalue weighted by atomic mass is 31.2. The Labute approximate surface area is 629 Å². The highest BCUT2D eigenvalue weighted by molar-refractivity contribution is 7.47. The number of hydrogen-bond acceptors (Lipinski definition) is 15. The molecule has 5 unspecified atom stereocenters. The number of rotatable bonds is 73. The third kappa shape index (κ3) is 74.9. The Kier molecular flexibility index (Phi) is 72.0. The zero-order valence-electron chi connectivity index (χ0n) is 64.6. The van der Waals surface area contributed by atoms with E-state index in [9.17, 15) is 43.2 Å². The van der Waals surface area contributed by atoms with Crippen molar-refractivity contribution >= 4 is 39.5 Å². The lowest BCUT2D eigenvalue weighted by atomic mass is 10.1. The lowest BCUT2D eigenvalue weighted by molar-refractivity contribution is -0.161. The van der Waals surface area contributed by atoms with Crippen molar-refractivity contribution in [2.24, 2.45) is 0 Å². The lowest BCUT2D eigenvalue weighted by Gasteiger charge is -2.21. The van der Waals surface area contributed by atoms with E-state index in [1.165, 1.54) is 0 Å². The third-order valence-electron chi connectivity index (χ3n) is 15.9. The number of carbonyl (C=O) groups is 4. The molecule has 0 aliphatic carbocycles. The molecule has 592 valence electrons. The fraction of sp³-hybridized carbons (Fsp3) is 0.647. The van der Waals surface area contributed by atoms with Crippen LogP contribution >= 0.6 is 15.6 Å². The van der Waals surface area contributed by atoms with Crippen molar-refractivity contribution in [2.75, 3.05) is 39.6 Å². The number of phosphoric ester groups is 2. The van der Waals surface area contributed by atoms with Gasteiger partial charge in [0.1, 0.15) is 19.3 Å². The van der Waals surface area contributed by atoms with Gasteiger partial charge >= 0.3 is 39.5 Å². The molecule has 17 nitrogen and oxygen atoms in total. The Hall–Kier alpha value is -5.32. The molecule has 0 radical (unpaired) electrons. The number of esters is 4. The maximum Gasteiger partial charge on any atom is 0.472 e. The van der Waals surface area contributed by atoms with E-state index in [1.54, 1.807) is 0 Å². The highest BCUT2D eigenvalue weighted by Gasteiger charge is 2.30. The minimum Gasteiger partial charge on any atom is -0.462 e. The number of carbonyl (C=O) groups excluding carboxylic acids is 4. The van der Waals surface area contributed by atoms with Gasteiger partial charge in [0, 0.05) is 25.7 Å². The molecule has 104 heavy (non-hydrogen) atoms. The van der Waals surface area contributed by atoms with Crippen LogP contribution in [0, 0.1) is 0 Å². The molecule has 0 rings (SSSR count). The molecule has 0 aromatic rings. The second-order valence-electron chi connectivity index (χ2n) is 25.9. The molecule has 0 aromatic heterocycles. The minimum atomic E-state index is -5.00. The average molecular weight is 1500 g/mol. The standard InChI is InChI=1S/C85H140O17P2/c1-5-9-13-17-21-25-29-33-36-38-39-41-44-47-50-54-58-62-66-70-83(88)96-76-81(102-85(90)72-68-64-60-56-52-48-42-35-31-27-23-19-15-11-7-3)78-100-104(93,94)98-74-79(86)73-97-103(91,92)99-77-80(101-84(89)71-67-63-59-55-51-45-32-28-24-20-16-12-8-4)75-95-82(87)69-65-61-57-53-49-46-43-40-37-34-30-26-22-18-14-10-6-2/h9-11,13-16,20-23,25-28,32-37,39,41-42,47,50,79-81,86H,5-8,12,17-19,24,29-31,38,40,43-46,48-49,51-78H2,1-4H3,(H,91,92)(H,93,94)/b13-9-,14-10-,15-11-,20-16-,25-21-,26-22-,27-23-,32-28-,36-33-,37-34-,41-39-,42-35-,50-47-. The molecule has 0 heterocycles. The van der Waals surface area contributed by atoms with Crippen molar-refractivity contribution in [1.29, 1.82) is 0 Å². The van der Waals surface area contributed by atoms with Gasteiger partial charge in [0.15, 0.2) is 12.2 Å². The van der Waals surface area contributed by atoms with E-state index in [2.05, 4.69) is 186 Å². The van der Waals surface area contributed by atoms with Crippen LogP contribution in [0.5, 0.6) is 0 Å². The molecule has 5 atom stereocenters. The molecule has 3 N–H and O–H groups in total. The number of aliphatic hydroxyl groups excluding tert-OH is 1. The van der Waals surface area contributed by atoms with E-state index in [0.717, 1.165) is 218 Å². The second kappa shape index (κ2) is 75.9. The van der Waals surface area contributed by atoms with E-state index in [-0.39, 0.29) is 25.7 Å². The first kappa shape index (κ1) is 98.7. The van der Waals surface area contributed by atoms with Crippen LogP contribution in [0.15, 0.2) is 158 Å². The summed E-state index contributed by atoms with van der Waals surface area (Å²) in [7, 11) is -9.99. The van der Waals surface area contributed by atoms with Crippen molar-refractivity contribution in [3.8, 4) is 0 Å². The van der Waals surface area contributed by atoms with E-state index in [0.29, 0.717) is 25.7 Å². The van der Waals surface area contributed by atoms with E-state index >= 15 is 0 Å². The summed E-state index contributed by atoms with van der Waals surface area (Å²) >= 11 is 0. The van der Waals surface area contributed by atoms with Gasteiger partial charge in [-0.05, 0) is 161 Å². The Morgan fingerprint density at radius 2 is 0.500 bits per heavy atom. The summed E-state index contributed by atoms with van der Waals surface area (Å²) in [4.78, 5) is 73.0. The Bertz CT molecular complexity index is 2590. The molecule has 0 bridgehead atoms. The smallest absolute Gasteiger partial charge is 0.462 e. The zero-order valence-corrected chi connectivity index (χ0v) is 66.4. The Balaban J connectivity index is 5.41. The molecule has 0 aliphatic rings. The highest BCUT2D eigenvalue weighted by Crippen LogP contribution is 2.45. The van der Waals surface area contributed by atoms with Crippen LogP contribution in [0.3, 0.4) is 0 Å². The summed E-state index contributed by atoms with van der Waals surface area (Å²) in [6.45, 7) is 4.38. The van der Waals surface area contributed by atoms with Crippen LogP contribution in [0.25, 0.3) is 0 Å². The van der Waals surface area contributed by atoms with Crippen LogP contribution < -0.4 is 0 Å². The van der Waals surface area contributed by atoms with Gasteiger partial charge in [0.25, 0.3) is 0 Å². The van der Waals surface area contributed by atoms with Crippen LogP contribution in [-0.2, 0) is 65.4 Å². The Morgan fingerprint density at radius 3 is 0.779 bits per heavy atom. The molecule has 0 spiro atoms. The summed E-state index contributed by atoms with van der Waals surface area (Å²) in [5.74, 6) is -2.26. The molecular weight excluding hydrogens is 1350 g/mol. The average Bonchev–Trinajstić information content (AvgIpc) is 0.911. The van der Waals surface area contributed by atoms with Crippen LogP contribution in [0.1, 0.15) is 297 Å². The van der Waals surface area contributed by atoms with Gasteiger partial charge < -0.3 is 33.8 Å². The number of allylic oxidation sites excluding steroid dienone is 26. The molecule has 0 amide bonds. The first-order chi connectivity index (χ1) is 50.7. The zero-order chi connectivity index (χ0) is 76.0. The fourth-order valence-electron chi connectivity index (χ4n) is 10.0. The normalized spacial score (nSPS) is 14.7. The predicted octanol–water partition coefficient (Wildman–Crippen LogP) is 23.2. The molecule has 0 saturated heterocycles. The molecule has 0 saturated carbocycles. The first-order valence-electron chi connectivity index (χ1n) is 39.7. The molecular formula is C85H140O17P2. The number of unbranched alkanes of at least 4 members (excludes halogenated alkanes) is 21. The van der Waals surface area contributed by atoms with E-state index in [1.807, 2.05) is 0 Å². The van der Waals surface area contributed by atoms with Crippen molar-refractivity contribution in [3.63, 3.8) is 0 Å². The predicted molar refractivity (Wildman–Crippen MR) is 427 cm³/mol. The summed E-state index contributed by atoms with van der Waals surface area (Å²) in [5, 5.41) is 10.6. The van der Waals surface area contributed by atoms with Gasteiger partial charge in [-0.3, -0.25) is 37.3 Å². The van der Waals surface area contributed by atoms with E-state index in [4.69, 9.17) is 37.0 Å². The Morgan fingerprint density at radius 1 is 0.279 bits per heavy atom. The van der Waals surface area contributed by atoms with Gasteiger partial charge in [-0.2, -0.15) is 0 Å². The number of hydrogen-bond donors (Lipinski definition) is 3.